The molecule has 2 atom stereocenters. The number of hydrogen-bond donors (Lipinski definition) is 1. The molecule has 132 valence electrons. The van der Waals surface area contributed by atoms with Gasteiger partial charge in [-0.15, -0.1) is 11.3 Å². The third kappa shape index (κ3) is 3.12. The summed E-state index contributed by atoms with van der Waals surface area (Å²) < 4.78 is 0. The van der Waals surface area contributed by atoms with Crippen molar-refractivity contribution in [2.45, 2.75) is 30.9 Å². The summed E-state index contributed by atoms with van der Waals surface area (Å²) in [4.78, 5) is 17.9. The van der Waals surface area contributed by atoms with Crippen LogP contribution < -0.4 is 0 Å². The zero-order valence-corrected chi connectivity index (χ0v) is 15.1. The first-order valence-electron chi connectivity index (χ1n) is 9.03. The van der Waals surface area contributed by atoms with E-state index in [-0.39, 0.29) is 11.9 Å². The molecule has 1 aromatic heterocycles. The highest BCUT2D eigenvalue weighted by Gasteiger charge is 2.47. The maximum atomic E-state index is 12.8. The molecule has 2 saturated heterocycles. The molecule has 2 aliphatic heterocycles. The van der Waals surface area contributed by atoms with Crippen molar-refractivity contribution in [3.05, 3.63) is 58.3 Å². The second kappa shape index (κ2) is 6.90. The number of nitrogens with zero attached hydrogens (tertiary/aromatic N) is 2. The Balaban J connectivity index is 1.62. The van der Waals surface area contributed by atoms with Gasteiger partial charge in [-0.05, 0) is 49.4 Å². The Kier molecular flexibility index (Phi) is 4.63. The van der Waals surface area contributed by atoms with Gasteiger partial charge in [0.15, 0.2) is 0 Å². The molecule has 0 radical (unpaired) electrons. The Morgan fingerprint density at radius 1 is 1.08 bits per heavy atom. The third-order valence-electron chi connectivity index (χ3n) is 5.58. The van der Waals surface area contributed by atoms with E-state index in [1.165, 1.54) is 24.2 Å². The summed E-state index contributed by atoms with van der Waals surface area (Å²) >= 11 is 1.49. The molecule has 2 aliphatic rings. The number of thiophene rings is 1. The van der Waals surface area contributed by atoms with Gasteiger partial charge < -0.3 is 10.0 Å². The smallest absolute Gasteiger partial charge is 0.263 e. The van der Waals surface area contributed by atoms with Gasteiger partial charge in [-0.25, -0.2) is 0 Å². The molecule has 0 saturated carbocycles. The highest BCUT2D eigenvalue weighted by atomic mass is 32.1. The minimum absolute atomic E-state index is 0.0462. The molecular formula is C20H24N2O2S. The summed E-state index contributed by atoms with van der Waals surface area (Å²) in [6.45, 7) is 3.18. The first-order valence-corrected chi connectivity index (χ1v) is 9.91. The van der Waals surface area contributed by atoms with Crippen molar-refractivity contribution in [1.29, 1.82) is 0 Å². The minimum atomic E-state index is -0.891. The molecule has 0 bridgehead atoms. The fraction of sp³-hybridized carbons (Fsp3) is 0.450. The van der Waals surface area contributed by atoms with E-state index >= 15 is 0 Å². The Morgan fingerprint density at radius 3 is 2.52 bits per heavy atom. The van der Waals surface area contributed by atoms with Crippen LogP contribution in [0.3, 0.4) is 0 Å². The SMILES string of the molecule is O=C(c1cccs1)N1CC[C@@](O)(c2ccccc2)[C@H](N2CCCC2)C1. The fourth-order valence-corrected chi connectivity index (χ4v) is 4.89. The number of aliphatic hydroxyl groups is 1. The van der Waals surface area contributed by atoms with Gasteiger partial charge in [0, 0.05) is 13.1 Å². The minimum Gasteiger partial charge on any atom is -0.383 e. The predicted molar refractivity (Wildman–Crippen MR) is 99.8 cm³/mol. The number of piperidine rings is 1. The molecule has 4 rings (SSSR count). The van der Waals surface area contributed by atoms with Crippen molar-refractivity contribution < 1.29 is 9.90 Å². The van der Waals surface area contributed by atoms with Crippen LogP contribution in [0.2, 0.25) is 0 Å². The largest absolute Gasteiger partial charge is 0.383 e. The van der Waals surface area contributed by atoms with Crippen LogP contribution in [0, 0.1) is 0 Å². The molecule has 2 fully saturated rings. The molecule has 0 unspecified atom stereocenters. The number of likely N-dealkylation sites (tertiary alicyclic amines) is 2. The molecule has 5 heteroatoms. The first-order chi connectivity index (χ1) is 12.2. The van der Waals surface area contributed by atoms with Gasteiger partial charge >= 0.3 is 0 Å². The van der Waals surface area contributed by atoms with Crippen LogP contribution in [-0.4, -0.2) is 53.0 Å². The van der Waals surface area contributed by atoms with E-state index in [4.69, 9.17) is 0 Å². The van der Waals surface area contributed by atoms with Crippen LogP contribution >= 0.6 is 11.3 Å². The van der Waals surface area contributed by atoms with Crippen LogP contribution in [0.5, 0.6) is 0 Å². The molecule has 1 aromatic carbocycles. The van der Waals surface area contributed by atoms with Crippen molar-refractivity contribution in [3.8, 4) is 0 Å². The quantitative estimate of drug-likeness (QED) is 0.920. The molecule has 4 nitrogen and oxygen atoms in total. The summed E-state index contributed by atoms with van der Waals surface area (Å²) in [5, 5.41) is 13.6. The van der Waals surface area contributed by atoms with Gasteiger partial charge in [0.2, 0.25) is 0 Å². The zero-order valence-electron chi connectivity index (χ0n) is 14.3. The van der Waals surface area contributed by atoms with Crippen LogP contribution in [0.15, 0.2) is 47.8 Å². The summed E-state index contributed by atoms with van der Waals surface area (Å²) in [7, 11) is 0. The zero-order chi connectivity index (χ0) is 17.3. The van der Waals surface area contributed by atoms with Gasteiger partial charge in [-0.3, -0.25) is 9.69 Å². The standard InChI is InChI=1S/C20H24N2O2S/c23-19(17-9-6-14-25-17)22-13-10-20(24,16-7-2-1-3-8-16)18(15-22)21-11-4-5-12-21/h1-3,6-9,14,18,24H,4-5,10-13,15H2/t18-,20-/m1/s1. The van der Waals surface area contributed by atoms with Crippen LogP contribution in [0.25, 0.3) is 0 Å². The number of carbonyl (C=O) groups is 1. The molecule has 0 aliphatic carbocycles. The van der Waals surface area contributed by atoms with Crippen LogP contribution in [-0.2, 0) is 5.60 Å². The molecule has 1 amide bonds. The Labute approximate surface area is 152 Å². The van der Waals surface area contributed by atoms with E-state index in [0.29, 0.717) is 19.5 Å². The van der Waals surface area contributed by atoms with E-state index in [1.807, 2.05) is 52.7 Å². The number of carbonyl (C=O) groups excluding carboxylic acids is 1. The lowest BCUT2D eigenvalue weighted by atomic mass is 9.79. The maximum absolute atomic E-state index is 12.8. The monoisotopic (exact) mass is 356 g/mol. The number of hydrogen-bond acceptors (Lipinski definition) is 4. The highest BCUT2D eigenvalue weighted by Crippen LogP contribution is 2.37. The summed E-state index contributed by atoms with van der Waals surface area (Å²) in [5.74, 6) is 0.0920. The maximum Gasteiger partial charge on any atom is 0.263 e. The molecule has 0 spiro atoms. The summed E-state index contributed by atoms with van der Waals surface area (Å²) in [5.41, 5.74) is 0.0767. The van der Waals surface area contributed by atoms with Gasteiger partial charge in [0.05, 0.1) is 10.9 Å². The normalized spacial score (nSPS) is 27.6. The fourth-order valence-electron chi connectivity index (χ4n) is 4.20. The Hall–Kier alpha value is -1.69. The second-order valence-corrected chi connectivity index (χ2v) is 7.98. The van der Waals surface area contributed by atoms with Gasteiger partial charge in [0.25, 0.3) is 5.91 Å². The number of amides is 1. The lowest BCUT2D eigenvalue weighted by Gasteiger charge is -2.48. The van der Waals surface area contributed by atoms with E-state index in [1.54, 1.807) is 0 Å². The van der Waals surface area contributed by atoms with Crippen molar-refractivity contribution in [2.75, 3.05) is 26.2 Å². The number of rotatable bonds is 3. The Bertz CT molecular complexity index is 713. The van der Waals surface area contributed by atoms with Crippen molar-refractivity contribution in [3.63, 3.8) is 0 Å². The lowest BCUT2D eigenvalue weighted by molar-refractivity contribution is -0.0877. The predicted octanol–water partition coefficient (Wildman–Crippen LogP) is 2.95. The lowest BCUT2D eigenvalue weighted by Crippen LogP contribution is -2.61. The van der Waals surface area contributed by atoms with E-state index in [9.17, 15) is 9.90 Å². The summed E-state index contributed by atoms with van der Waals surface area (Å²) in [6.07, 6.45) is 2.91. The molecular weight excluding hydrogens is 332 g/mol. The van der Waals surface area contributed by atoms with Crippen molar-refractivity contribution in [2.24, 2.45) is 0 Å². The van der Waals surface area contributed by atoms with Gasteiger partial charge in [-0.1, -0.05) is 36.4 Å². The molecule has 25 heavy (non-hydrogen) atoms. The van der Waals surface area contributed by atoms with Crippen LogP contribution in [0.1, 0.15) is 34.5 Å². The average molecular weight is 356 g/mol. The summed E-state index contributed by atoms with van der Waals surface area (Å²) in [6, 6.07) is 13.7. The molecule has 1 N–H and O–H groups in total. The van der Waals surface area contributed by atoms with Crippen LogP contribution in [0.4, 0.5) is 0 Å². The van der Waals surface area contributed by atoms with Crippen molar-refractivity contribution in [1.82, 2.24) is 9.80 Å². The van der Waals surface area contributed by atoms with E-state index in [0.717, 1.165) is 23.5 Å². The highest BCUT2D eigenvalue weighted by molar-refractivity contribution is 7.12. The first kappa shape index (κ1) is 16.8. The van der Waals surface area contributed by atoms with Crippen molar-refractivity contribution >= 4 is 17.2 Å². The number of benzene rings is 1. The topological polar surface area (TPSA) is 43.8 Å². The molecule has 2 aromatic rings. The third-order valence-corrected chi connectivity index (χ3v) is 6.44. The Morgan fingerprint density at radius 2 is 1.84 bits per heavy atom. The van der Waals surface area contributed by atoms with Gasteiger partial charge in [-0.2, -0.15) is 0 Å². The average Bonchev–Trinajstić information content (AvgIpc) is 3.36. The van der Waals surface area contributed by atoms with Gasteiger partial charge in [0.1, 0.15) is 5.60 Å². The van der Waals surface area contributed by atoms with E-state index in [2.05, 4.69) is 4.90 Å². The second-order valence-electron chi connectivity index (χ2n) is 7.03. The van der Waals surface area contributed by atoms with E-state index < -0.39 is 5.60 Å². The molecule has 3 heterocycles.